The quantitative estimate of drug-likeness (QED) is 0.560. The van der Waals surface area contributed by atoms with Gasteiger partial charge in [-0.15, -0.1) is 16.8 Å². The van der Waals surface area contributed by atoms with E-state index in [1.165, 1.54) is 23.9 Å². The summed E-state index contributed by atoms with van der Waals surface area (Å²) in [6.07, 6.45) is 1.68. The molecular formula is C18H22FN5O2S. The maximum Gasteiger partial charge on any atom is 0.321 e. The number of amides is 3. The minimum atomic E-state index is -0.572. The fraction of sp³-hybridized carbons (Fsp3) is 0.333. The van der Waals surface area contributed by atoms with Crippen LogP contribution in [0.15, 0.2) is 42.1 Å². The molecule has 2 N–H and O–H groups in total. The maximum atomic E-state index is 13.2. The van der Waals surface area contributed by atoms with Crippen LogP contribution in [0.5, 0.6) is 0 Å². The van der Waals surface area contributed by atoms with E-state index in [0.29, 0.717) is 23.1 Å². The van der Waals surface area contributed by atoms with Gasteiger partial charge < -0.3 is 5.32 Å². The lowest BCUT2D eigenvalue weighted by Crippen LogP contribution is -2.45. The number of hydrogen-bond acceptors (Lipinski definition) is 5. The summed E-state index contributed by atoms with van der Waals surface area (Å²) in [5.41, 5.74) is 0.700. The predicted molar refractivity (Wildman–Crippen MR) is 103 cm³/mol. The van der Waals surface area contributed by atoms with E-state index in [1.807, 2.05) is 0 Å². The molecule has 27 heavy (non-hydrogen) atoms. The number of carbonyl (C=O) groups is 2. The van der Waals surface area contributed by atoms with E-state index in [4.69, 9.17) is 0 Å². The van der Waals surface area contributed by atoms with E-state index >= 15 is 0 Å². The SMILES string of the molecule is C=CCn1c(S[C@H](C)C(=O)NC(=O)NC(C)C)nnc1-c1ccc(F)cc1. The zero-order valence-electron chi connectivity index (χ0n) is 15.4. The molecule has 7 nitrogen and oxygen atoms in total. The second-order valence-corrected chi connectivity index (χ2v) is 7.40. The molecule has 1 aromatic heterocycles. The molecule has 3 amide bonds. The molecule has 144 valence electrons. The van der Waals surface area contributed by atoms with Crippen molar-refractivity contribution in [2.75, 3.05) is 0 Å². The number of aromatic nitrogens is 3. The first-order valence-electron chi connectivity index (χ1n) is 8.39. The number of benzene rings is 1. The van der Waals surface area contributed by atoms with Gasteiger partial charge in [-0.1, -0.05) is 17.8 Å². The van der Waals surface area contributed by atoms with Crippen LogP contribution in [0.4, 0.5) is 9.18 Å². The molecule has 1 atom stereocenters. The molecule has 0 bridgehead atoms. The summed E-state index contributed by atoms with van der Waals surface area (Å²) >= 11 is 1.17. The van der Waals surface area contributed by atoms with Gasteiger partial charge in [-0.05, 0) is 45.0 Å². The third kappa shape index (κ3) is 5.65. The fourth-order valence-electron chi connectivity index (χ4n) is 2.21. The van der Waals surface area contributed by atoms with Gasteiger partial charge in [-0.3, -0.25) is 14.7 Å². The van der Waals surface area contributed by atoms with Gasteiger partial charge in [0.2, 0.25) is 5.91 Å². The highest BCUT2D eigenvalue weighted by molar-refractivity contribution is 8.00. The summed E-state index contributed by atoms with van der Waals surface area (Å²) in [4.78, 5) is 23.9. The Morgan fingerprint density at radius 3 is 2.52 bits per heavy atom. The van der Waals surface area contributed by atoms with Crippen molar-refractivity contribution in [3.8, 4) is 11.4 Å². The van der Waals surface area contributed by atoms with Crippen LogP contribution in [0.25, 0.3) is 11.4 Å². The van der Waals surface area contributed by atoms with Crippen molar-refractivity contribution in [2.45, 2.75) is 43.8 Å². The number of imide groups is 1. The highest BCUT2D eigenvalue weighted by Crippen LogP contribution is 2.27. The average Bonchev–Trinajstić information content (AvgIpc) is 2.97. The van der Waals surface area contributed by atoms with Crippen LogP contribution in [0.1, 0.15) is 20.8 Å². The molecule has 0 saturated heterocycles. The Morgan fingerprint density at radius 1 is 1.26 bits per heavy atom. The molecule has 2 aromatic rings. The lowest BCUT2D eigenvalue weighted by molar-refractivity contribution is -0.119. The van der Waals surface area contributed by atoms with Gasteiger partial charge in [0, 0.05) is 18.2 Å². The van der Waals surface area contributed by atoms with E-state index in [-0.39, 0.29) is 11.9 Å². The zero-order valence-corrected chi connectivity index (χ0v) is 16.2. The fourth-order valence-corrected chi connectivity index (χ4v) is 3.06. The van der Waals surface area contributed by atoms with Crippen LogP contribution in [0.2, 0.25) is 0 Å². The first-order chi connectivity index (χ1) is 12.8. The van der Waals surface area contributed by atoms with E-state index in [0.717, 1.165) is 0 Å². The van der Waals surface area contributed by atoms with Crippen molar-refractivity contribution in [1.29, 1.82) is 0 Å². The van der Waals surface area contributed by atoms with E-state index in [9.17, 15) is 14.0 Å². The van der Waals surface area contributed by atoms with Crippen LogP contribution in [-0.4, -0.2) is 38.0 Å². The highest BCUT2D eigenvalue weighted by atomic mass is 32.2. The Kier molecular flexibility index (Phi) is 7.12. The van der Waals surface area contributed by atoms with Gasteiger partial charge in [0.15, 0.2) is 11.0 Å². The van der Waals surface area contributed by atoms with Crippen molar-refractivity contribution in [1.82, 2.24) is 25.4 Å². The zero-order chi connectivity index (χ0) is 20.0. The van der Waals surface area contributed by atoms with Crippen LogP contribution >= 0.6 is 11.8 Å². The molecule has 0 unspecified atom stereocenters. The van der Waals surface area contributed by atoms with Crippen molar-refractivity contribution in [3.05, 3.63) is 42.7 Å². The Hall–Kier alpha value is -2.68. The number of halogens is 1. The second kappa shape index (κ2) is 9.31. The average molecular weight is 391 g/mol. The number of carbonyl (C=O) groups excluding carboxylic acids is 2. The van der Waals surface area contributed by atoms with Gasteiger partial charge >= 0.3 is 6.03 Å². The molecule has 0 aliphatic heterocycles. The Labute approximate surface area is 161 Å². The molecule has 1 aromatic carbocycles. The van der Waals surface area contributed by atoms with Gasteiger partial charge in [0.25, 0.3) is 0 Å². The molecule has 0 aliphatic carbocycles. The monoisotopic (exact) mass is 391 g/mol. The lowest BCUT2D eigenvalue weighted by atomic mass is 10.2. The standard InChI is InChI=1S/C18H22FN5O2S/c1-5-10-24-15(13-6-8-14(19)9-7-13)22-23-18(24)27-12(4)16(25)21-17(26)20-11(2)3/h5-9,11-12H,1,10H2,2-4H3,(H2,20,21,25,26)/t12-/m1/s1. The predicted octanol–water partition coefficient (Wildman–Crippen LogP) is 2.99. The first-order valence-corrected chi connectivity index (χ1v) is 9.27. The van der Waals surface area contributed by atoms with Gasteiger partial charge in [0.05, 0.1) is 5.25 Å². The molecule has 9 heteroatoms. The summed E-state index contributed by atoms with van der Waals surface area (Å²) in [5, 5.41) is 13.1. The Bertz CT molecular complexity index is 820. The summed E-state index contributed by atoms with van der Waals surface area (Å²) in [6, 6.07) is 5.30. The number of nitrogens with one attached hydrogen (secondary N) is 2. The number of rotatable bonds is 7. The van der Waals surface area contributed by atoms with Crippen molar-refractivity contribution in [2.24, 2.45) is 0 Å². The maximum absolute atomic E-state index is 13.2. The Balaban J connectivity index is 2.16. The minimum Gasteiger partial charge on any atom is -0.336 e. The van der Waals surface area contributed by atoms with Crippen LogP contribution in [-0.2, 0) is 11.3 Å². The summed E-state index contributed by atoms with van der Waals surface area (Å²) in [5.74, 6) is -0.231. The first kappa shape index (κ1) is 20.6. The number of thioether (sulfide) groups is 1. The third-order valence-corrected chi connectivity index (χ3v) is 4.52. The normalized spacial score (nSPS) is 11.9. The summed E-state index contributed by atoms with van der Waals surface area (Å²) in [7, 11) is 0. The van der Waals surface area contributed by atoms with Crippen molar-refractivity contribution >= 4 is 23.7 Å². The van der Waals surface area contributed by atoms with Crippen molar-refractivity contribution < 1.29 is 14.0 Å². The molecule has 0 radical (unpaired) electrons. The van der Waals surface area contributed by atoms with E-state index in [2.05, 4.69) is 27.4 Å². The van der Waals surface area contributed by atoms with Gasteiger partial charge in [-0.2, -0.15) is 0 Å². The van der Waals surface area contributed by atoms with Gasteiger partial charge in [0.1, 0.15) is 5.82 Å². The van der Waals surface area contributed by atoms with Crippen molar-refractivity contribution in [3.63, 3.8) is 0 Å². The number of hydrogen-bond donors (Lipinski definition) is 2. The molecule has 1 heterocycles. The molecule has 2 rings (SSSR count). The molecular weight excluding hydrogens is 369 g/mol. The summed E-state index contributed by atoms with van der Waals surface area (Å²) < 4.78 is 14.9. The van der Waals surface area contributed by atoms with E-state index < -0.39 is 17.2 Å². The summed E-state index contributed by atoms with van der Waals surface area (Å²) in [6.45, 7) is 9.43. The number of urea groups is 1. The topological polar surface area (TPSA) is 88.9 Å². The Morgan fingerprint density at radius 2 is 1.93 bits per heavy atom. The third-order valence-electron chi connectivity index (χ3n) is 3.44. The molecule has 0 spiro atoms. The second-order valence-electron chi connectivity index (χ2n) is 6.09. The highest BCUT2D eigenvalue weighted by Gasteiger charge is 2.22. The van der Waals surface area contributed by atoms with E-state index in [1.54, 1.807) is 43.5 Å². The van der Waals surface area contributed by atoms with Gasteiger partial charge in [-0.25, -0.2) is 9.18 Å². The van der Waals surface area contributed by atoms with Crippen LogP contribution in [0, 0.1) is 5.82 Å². The smallest absolute Gasteiger partial charge is 0.321 e. The number of nitrogens with zero attached hydrogens (tertiary/aromatic N) is 3. The van der Waals surface area contributed by atoms with Crippen LogP contribution < -0.4 is 10.6 Å². The number of allylic oxidation sites excluding steroid dienone is 1. The van der Waals surface area contributed by atoms with Crippen LogP contribution in [0.3, 0.4) is 0 Å². The molecule has 0 saturated carbocycles. The molecule has 0 aliphatic rings. The lowest BCUT2D eigenvalue weighted by Gasteiger charge is -2.13. The minimum absolute atomic E-state index is 0.0743. The largest absolute Gasteiger partial charge is 0.336 e. The molecule has 0 fully saturated rings.